The molecular weight excluding hydrogens is 176 g/mol. The maximum atomic E-state index is 5.41. The van der Waals surface area contributed by atoms with Crippen LogP contribution in [0.4, 0.5) is 0 Å². The molecule has 2 heterocycles. The Morgan fingerprint density at radius 3 is 2.93 bits per heavy atom. The molecule has 3 heteroatoms. The molecule has 0 aliphatic carbocycles. The van der Waals surface area contributed by atoms with Gasteiger partial charge in [0.2, 0.25) is 0 Å². The highest BCUT2D eigenvalue weighted by molar-refractivity contribution is 4.80. The molecule has 0 saturated carbocycles. The van der Waals surface area contributed by atoms with Crippen LogP contribution in [0.3, 0.4) is 0 Å². The SMILES string of the molecule is CN(C[C@@H]1CCCCN1)C1CCOC1. The zero-order valence-corrected chi connectivity index (χ0v) is 9.17. The van der Waals surface area contributed by atoms with Gasteiger partial charge in [0, 0.05) is 25.2 Å². The smallest absolute Gasteiger partial charge is 0.0622 e. The first-order chi connectivity index (χ1) is 6.86. The van der Waals surface area contributed by atoms with Crippen molar-refractivity contribution >= 4 is 0 Å². The lowest BCUT2D eigenvalue weighted by Gasteiger charge is -2.30. The highest BCUT2D eigenvalue weighted by Gasteiger charge is 2.23. The van der Waals surface area contributed by atoms with Gasteiger partial charge in [-0.1, -0.05) is 6.42 Å². The van der Waals surface area contributed by atoms with Crippen LogP contribution in [0.5, 0.6) is 0 Å². The highest BCUT2D eigenvalue weighted by Crippen LogP contribution is 2.13. The molecule has 1 N–H and O–H groups in total. The molecule has 2 aliphatic rings. The molecule has 2 aliphatic heterocycles. The molecule has 0 aromatic heterocycles. The lowest BCUT2D eigenvalue weighted by atomic mass is 10.0. The Bertz CT molecular complexity index is 163. The van der Waals surface area contributed by atoms with Gasteiger partial charge in [-0.25, -0.2) is 0 Å². The average Bonchev–Trinajstić information content (AvgIpc) is 2.72. The van der Waals surface area contributed by atoms with Gasteiger partial charge in [-0.05, 0) is 32.9 Å². The molecule has 82 valence electrons. The monoisotopic (exact) mass is 198 g/mol. The van der Waals surface area contributed by atoms with E-state index in [2.05, 4.69) is 17.3 Å². The van der Waals surface area contributed by atoms with Gasteiger partial charge in [0.25, 0.3) is 0 Å². The van der Waals surface area contributed by atoms with E-state index in [9.17, 15) is 0 Å². The quantitative estimate of drug-likeness (QED) is 0.727. The minimum Gasteiger partial charge on any atom is -0.380 e. The Hall–Kier alpha value is -0.120. The summed E-state index contributed by atoms with van der Waals surface area (Å²) in [5.41, 5.74) is 0. The predicted molar refractivity (Wildman–Crippen MR) is 57.5 cm³/mol. The number of rotatable bonds is 3. The Morgan fingerprint density at radius 1 is 1.36 bits per heavy atom. The fourth-order valence-electron chi connectivity index (χ4n) is 2.45. The minimum absolute atomic E-state index is 0.665. The van der Waals surface area contributed by atoms with E-state index in [1.165, 1.54) is 38.8 Å². The second kappa shape index (κ2) is 5.10. The van der Waals surface area contributed by atoms with Crippen molar-refractivity contribution in [2.45, 2.75) is 37.8 Å². The van der Waals surface area contributed by atoms with Crippen molar-refractivity contribution in [1.82, 2.24) is 10.2 Å². The molecule has 0 aromatic carbocycles. The summed E-state index contributed by atoms with van der Waals surface area (Å²) in [7, 11) is 2.23. The van der Waals surface area contributed by atoms with E-state index in [0.717, 1.165) is 13.2 Å². The molecule has 0 aromatic rings. The lowest BCUT2D eigenvalue weighted by Crippen LogP contribution is -2.45. The molecule has 14 heavy (non-hydrogen) atoms. The Morgan fingerprint density at radius 2 is 2.29 bits per heavy atom. The minimum atomic E-state index is 0.665. The molecule has 0 bridgehead atoms. The zero-order chi connectivity index (χ0) is 9.80. The number of likely N-dealkylation sites (N-methyl/N-ethyl adjacent to an activating group) is 1. The third-order valence-electron chi connectivity index (χ3n) is 3.45. The van der Waals surface area contributed by atoms with E-state index in [4.69, 9.17) is 4.74 Å². The van der Waals surface area contributed by atoms with Crippen LogP contribution in [0.15, 0.2) is 0 Å². The van der Waals surface area contributed by atoms with Crippen molar-refractivity contribution in [3.8, 4) is 0 Å². The van der Waals surface area contributed by atoms with Crippen LogP contribution >= 0.6 is 0 Å². The van der Waals surface area contributed by atoms with Gasteiger partial charge in [0.05, 0.1) is 6.61 Å². The molecule has 2 saturated heterocycles. The van der Waals surface area contributed by atoms with Gasteiger partial charge in [0.1, 0.15) is 0 Å². The number of hydrogen-bond donors (Lipinski definition) is 1. The second-order valence-electron chi connectivity index (χ2n) is 4.60. The van der Waals surface area contributed by atoms with Crippen LogP contribution < -0.4 is 5.32 Å². The molecule has 0 spiro atoms. The summed E-state index contributed by atoms with van der Waals surface area (Å²) >= 11 is 0. The van der Waals surface area contributed by atoms with Gasteiger partial charge in [0.15, 0.2) is 0 Å². The summed E-state index contributed by atoms with van der Waals surface area (Å²) in [6, 6.07) is 1.38. The normalized spacial score (nSPS) is 33.9. The van der Waals surface area contributed by atoms with Crippen LogP contribution in [0.25, 0.3) is 0 Å². The van der Waals surface area contributed by atoms with Crippen LogP contribution in [0.1, 0.15) is 25.7 Å². The first kappa shape index (κ1) is 10.4. The second-order valence-corrected chi connectivity index (χ2v) is 4.60. The molecule has 0 radical (unpaired) electrons. The maximum absolute atomic E-state index is 5.41. The Labute approximate surface area is 86.8 Å². The standard InChI is InChI=1S/C11H22N2O/c1-13(11-5-7-14-9-11)8-10-4-2-3-6-12-10/h10-12H,2-9H2,1H3/t10-,11?/m0/s1. The molecule has 0 amide bonds. The van der Waals surface area contributed by atoms with E-state index in [1.54, 1.807) is 0 Å². The first-order valence-electron chi connectivity index (χ1n) is 5.87. The van der Waals surface area contributed by atoms with Crippen LogP contribution in [0.2, 0.25) is 0 Å². The van der Waals surface area contributed by atoms with Crippen molar-refractivity contribution < 1.29 is 4.74 Å². The third kappa shape index (κ3) is 2.69. The van der Waals surface area contributed by atoms with E-state index < -0.39 is 0 Å². The topological polar surface area (TPSA) is 24.5 Å². The van der Waals surface area contributed by atoms with Crippen molar-refractivity contribution in [2.24, 2.45) is 0 Å². The van der Waals surface area contributed by atoms with Gasteiger partial charge in [-0.15, -0.1) is 0 Å². The number of hydrogen-bond acceptors (Lipinski definition) is 3. The van der Waals surface area contributed by atoms with Crippen molar-refractivity contribution in [3.63, 3.8) is 0 Å². The van der Waals surface area contributed by atoms with E-state index in [-0.39, 0.29) is 0 Å². The highest BCUT2D eigenvalue weighted by atomic mass is 16.5. The number of nitrogens with zero attached hydrogens (tertiary/aromatic N) is 1. The molecular formula is C11H22N2O. The van der Waals surface area contributed by atoms with Crippen molar-refractivity contribution in [1.29, 1.82) is 0 Å². The number of piperidine rings is 1. The first-order valence-corrected chi connectivity index (χ1v) is 5.87. The molecule has 1 unspecified atom stereocenters. The lowest BCUT2D eigenvalue weighted by molar-refractivity contribution is 0.149. The van der Waals surface area contributed by atoms with Crippen LogP contribution in [0, 0.1) is 0 Å². The van der Waals surface area contributed by atoms with Crippen LogP contribution in [-0.2, 0) is 4.74 Å². The summed E-state index contributed by atoms with van der Waals surface area (Å²) in [6.45, 7) is 4.28. The van der Waals surface area contributed by atoms with E-state index >= 15 is 0 Å². The summed E-state index contributed by atoms with van der Waals surface area (Å²) in [5.74, 6) is 0. The molecule has 2 fully saturated rings. The summed E-state index contributed by atoms with van der Waals surface area (Å²) in [4.78, 5) is 2.47. The van der Waals surface area contributed by atoms with Crippen LogP contribution in [-0.4, -0.2) is 50.3 Å². The zero-order valence-electron chi connectivity index (χ0n) is 9.17. The molecule has 2 atom stereocenters. The summed E-state index contributed by atoms with van der Waals surface area (Å²) < 4.78 is 5.41. The van der Waals surface area contributed by atoms with Gasteiger partial charge in [-0.2, -0.15) is 0 Å². The Kier molecular flexibility index (Phi) is 3.79. The summed E-state index contributed by atoms with van der Waals surface area (Å²) in [6.07, 6.45) is 5.31. The number of ether oxygens (including phenoxy) is 1. The van der Waals surface area contributed by atoms with Crippen molar-refractivity contribution in [3.05, 3.63) is 0 Å². The maximum Gasteiger partial charge on any atom is 0.0622 e. The summed E-state index contributed by atoms with van der Waals surface area (Å²) in [5, 5.41) is 3.59. The number of nitrogens with one attached hydrogen (secondary N) is 1. The molecule has 2 rings (SSSR count). The molecule has 3 nitrogen and oxygen atoms in total. The van der Waals surface area contributed by atoms with Gasteiger partial charge >= 0.3 is 0 Å². The fourth-order valence-corrected chi connectivity index (χ4v) is 2.45. The van der Waals surface area contributed by atoms with Crippen molar-refractivity contribution in [2.75, 3.05) is 33.4 Å². The fraction of sp³-hybridized carbons (Fsp3) is 1.00. The van der Waals surface area contributed by atoms with E-state index in [0.29, 0.717) is 12.1 Å². The average molecular weight is 198 g/mol. The third-order valence-corrected chi connectivity index (χ3v) is 3.45. The Balaban J connectivity index is 1.72. The van der Waals surface area contributed by atoms with E-state index in [1.807, 2.05) is 0 Å². The predicted octanol–water partition coefficient (Wildman–Crippen LogP) is 0.849. The van der Waals surface area contributed by atoms with Gasteiger partial charge < -0.3 is 10.1 Å². The largest absolute Gasteiger partial charge is 0.380 e. The van der Waals surface area contributed by atoms with Gasteiger partial charge in [-0.3, -0.25) is 4.90 Å².